The summed E-state index contributed by atoms with van der Waals surface area (Å²) in [7, 11) is 1.58. The highest BCUT2D eigenvalue weighted by Gasteiger charge is 2.14. The van der Waals surface area contributed by atoms with Gasteiger partial charge >= 0.3 is 0 Å². The molecule has 3 aromatic rings. The molecule has 0 aliphatic rings. The number of halogens is 3. The zero-order chi connectivity index (χ0) is 19.9. The van der Waals surface area contributed by atoms with E-state index in [-0.39, 0.29) is 6.61 Å². The quantitative estimate of drug-likeness (QED) is 0.475. The third kappa shape index (κ3) is 5.30. The molecule has 0 amide bonds. The summed E-state index contributed by atoms with van der Waals surface area (Å²) in [5.74, 6) is 1.00. The normalized spacial score (nSPS) is 10.7. The molecule has 0 atom stereocenters. The molecule has 0 fully saturated rings. The highest BCUT2D eigenvalue weighted by atomic mass is 35.5. The molecule has 0 unspecified atom stereocenters. The lowest BCUT2D eigenvalue weighted by molar-refractivity contribution is 0.284. The molecule has 2 aromatic carbocycles. The van der Waals surface area contributed by atoms with Crippen molar-refractivity contribution in [2.24, 2.45) is 0 Å². The summed E-state index contributed by atoms with van der Waals surface area (Å²) in [6.07, 6.45) is 3.58. The van der Waals surface area contributed by atoms with Crippen LogP contribution in [0.1, 0.15) is 16.7 Å². The van der Waals surface area contributed by atoms with Crippen LogP contribution in [0.25, 0.3) is 0 Å². The van der Waals surface area contributed by atoms with E-state index in [9.17, 15) is 0 Å². The fraction of sp³-hybridized carbons (Fsp3) is 0.190. The number of methoxy groups -OCH3 is 1. The first-order valence-electron chi connectivity index (χ1n) is 8.60. The molecule has 146 valence electrons. The Labute approximate surface area is 179 Å². The Kier molecular flexibility index (Phi) is 7.40. The van der Waals surface area contributed by atoms with Crippen LogP contribution >= 0.6 is 34.8 Å². The van der Waals surface area contributed by atoms with Crippen molar-refractivity contribution in [2.45, 2.75) is 19.7 Å². The van der Waals surface area contributed by atoms with E-state index in [1.807, 2.05) is 30.5 Å². The highest BCUT2D eigenvalue weighted by molar-refractivity contribution is 6.36. The molecular weight excluding hydrogens is 419 g/mol. The van der Waals surface area contributed by atoms with Crippen LogP contribution in [0.5, 0.6) is 11.5 Å². The largest absolute Gasteiger partial charge is 0.493 e. The van der Waals surface area contributed by atoms with Crippen molar-refractivity contribution in [3.05, 3.63) is 86.6 Å². The van der Waals surface area contributed by atoms with E-state index in [1.54, 1.807) is 31.5 Å². The molecule has 1 aromatic heterocycles. The second kappa shape index (κ2) is 9.99. The predicted octanol–water partition coefficient (Wildman–Crippen LogP) is 5.92. The average Bonchev–Trinajstić information content (AvgIpc) is 2.69. The Morgan fingerprint density at radius 1 is 0.929 bits per heavy atom. The van der Waals surface area contributed by atoms with Gasteiger partial charge in [-0.1, -0.05) is 46.9 Å². The smallest absolute Gasteiger partial charge is 0.180 e. The van der Waals surface area contributed by atoms with Crippen LogP contribution in [0.15, 0.2) is 54.9 Å². The average molecular weight is 438 g/mol. The SMILES string of the molecule is COc1cc(CNCc2cccnc2)cc(Cl)c1OCc1c(Cl)cccc1Cl. The van der Waals surface area contributed by atoms with Crippen molar-refractivity contribution >= 4 is 34.8 Å². The second-order valence-electron chi connectivity index (χ2n) is 6.06. The number of nitrogens with zero attached hydrogens (tertiary/aromatic N) is 1. The van der Waals surface area contributed by atoms with E-state index < -0.39 is 0 Å². The molecule has 0 radical (unpaired) electrons. The lowest BCUT2D eigenvalue weighted by atomic mass is 10.2. The zero-order valence-electron chi connectivity index (χ0n) is 15.2. The topological polar surface area (TPSA) is 43.4 Å². The van der Waals surface area contributed by atoms with Crippen LogP contribution in [-0.4, -0.2) is 12.1 Å². The molecule has 0 saturated carbocycles. The first-order chi connectivity index (χ1) is 13.6. The third-order valence-electron chi connectivity index (χ3n) is 4.09. The summed E-state index contributed by atoms with van der Waals surface area (Å²) in [4.78, 5) is 4.10. The number of aromatic nitrogens is 1. The minimum Gasteiger partial charge on any atom is -0.493 e. The highest BCUT2D eigenvalue weighted by Crippen LogP contribution is 2.38. The molecule has 4 nitrogen and oxygen atoms in total. The number of hydrogen-bond donors (Lipinski definition) is 1. The van der Waals surface area contributed by atoms with Crippen LogP contribution in [0, 0.1) is 0 Å². The Bertz CT molecular complexity index is 916. The summed E-state index contributed by atoms with van der Waals surface area (Å²) in [6, 6.07) is 13.0. The molecule has 0 aliphatic heterocycles. The monoisotopic (exact) mass is 436 g/mol. The van der Waals surface area contributed by atoms with E-state index >= 15 is 0 Å². The van der Waals surface area contributed by atoms with Gasteiger partial charge in [0, 0.05) is 41.1 Å². The van der Waals surface area contributed by atoms with Gasteiger partial charge in [-0.25, -0.2) is 0 Å². The van der Waals surface area contributed by atoms with Crippen LogP contribution < -0.4 is 14.8 Å². The molecule has 0 bridgehead atoms. The fourth-order valence-electron chi connectivity index (χ4n) is 2.68. The molecule has 0 aliphatic carbocycles. The number of pyridine rings is 1. The number of benzene rings is 2. The number of nitrogens with one attached hydrogen (secondary N) is 1. The van der Waals surface area contributed by atoms with Gasteiger partial charge in [-0.2, -0.15) is 0 Å². The van der Waals surface area contributed by atoms with Gasteiger partial charge in [0.05, 0.1) is 12.1 Å². The van der Waals surface area contributed by atoms with Crippen molar-refractivity contribution in [2.75, 3.05) is 7.11 Å². The minimum atomic E-state index is 0.188. The maximum Gasteiger partial charge on any atom is 0.180 e. The van der Waals surface area contributed by atoms with Crippen molar-refractivity contribution < 1.29 is 9.47 Å². The maximum absolute atomic E-state index is 6.45. The molecule has 1 N–H and O–H groups in total. The van der Waals surface area contributed by atoms with E-state index in [4.69, 9.17) is 44.3 Å². The Balaban J connectivity index is 1.69. The van der Waals surface area contributed by atoms with Crippen molar-refractivity contribution in [3.8, 4) is 11.5 Å². The van der Waals surface area contributed by atoms with Gasteiger partial charge in [0.2, 0.25) is 0 Å². The van der Waals surface area contributed by atoms with Crippen LogP contribution in [0.2, 0.25) is 15.1 Å². The molecule has 3 rings (SSSR count). The molecule has 28 heavy (non-hydrogen) atoms. The Hall–Kier alpha value is -1.98. The molecule has 0 saturated heterocycles. The van der Waals surface area contributed by atoms with Crippen LogP contribution in [0.3, 0.4) is 0 Å². The van der Waals surface area contributed by atoms with E-state index in [2.05, 4.69) is 10.3 Å². The van der Waals surface area contributed by atoms with E-state index in [0.717, 1.165) is 11.1 Å². The van der Waals surface area contributed by atoms with Crippen LogP contribution in [-0.2, 0) is 19.7 Å². The van der Waals surface area contributed by atoms with Crippen molar-refractivity contribution in [1.82, 2.24) is 10.3 Å². The molecule has 1 heterocycles. The summed E-state index contributed by atoms with van der Waals surface area (Å²) in [5, 5.41) is 4.90. The summed E-state index contributed by atoms with van der Waals surface area (Å²) in [5.41, 5.74) is 2.79. The minimum absolute atomic E-state index is 0.188. The summed E-state index contributed by atoms with van der Waals surface area (Å²) < 4.78 is 11.3. The van der Waals surface area contributed by atoms with Gasteiger partial charge in [-0.3, -0.25) is 4.98 Å². The van der Waals surface area contributed by atoms with Gasteiger partial charge < -0.3 is 14.8 Å². The lowest BCUT2D eigenvalue weighted by Gasteiger charge is -2.15. The van der Waals surface area contributed by atoms with Gasteiger partial charge in [-0.15, -0.1) is 0 Å². The van der Waals surface area contributed by atoms with Crippen LogP contribution in [0.4, 0.5) is 0 Å². The fourth-order valence-corrected chi connectivity index (χ4v) is 3.48. The lowest BCUT2D eigenvalue weighted by Crippen LogP contribution is -2.13. The number of rotatable bonds is 8. The van der Waals surface area contributed by atoms with Gasteiger partial charge in [-0.05, 0) is 41.5 Å². The molecule has 0 spiro atoms. The van der Waals surface area contributed by atoms with Gasteiger partial charge in [0.15, 0.2) is 11.5 Å². The van der Waals surface area contributed by atoms with E-state index in [1.165, 1.54) is 0 Å². The first kappa shape index (κ1) is 20.7. The second-order valence-corrected chi connectivity index (χ2v) is 7.28. The molecular formula is C21H19Cl3N2O2. The summed E-state index contributed by atoms with van der Waals surface area (Å²) >= 11 is 18.8. The third-order valence-corrected chi connectivity index (χ3v) is 5.08. The molecule has 7 heteroatoms. The number of hydrogen-bond acceptors (Lipinski definition) is 4. The van der Waals surface area contributed by atoms with Crippen molar-refractivity contribution in [3.63, 3.8) is 0 Å². The van der Waals surface area contributed by atoms with Gasteiger partial charge in [0.1, 0.15) is 6.61 Å². The van der Waals surface area contributed by atoms with Gasteiger partial charge in [0.25, 0.3) is 0 Å². The van der Waals surface area contributed by atoms with E-state index in [0.29, 0.717) is 45.2 Å². The Morgan fingerprint density at radius 2 is 1.68 bits per heavy atom. The maximum atomic E-state index is 6.45. The van der Waals surface area contributed by atoms with Crippen molar-refractivity contribution in [1.29, 1.82) is 0 Å². The number of ether oxygens (including phenoxy) is 2. The Morgan fingerprint density at radius 3 is 2.36 bits per heavy atom. The summed E-state index contributed by atoms with van der Waals surface area (Å²) in [6.45, 7) is 1.52. The standard InChI is InChI=1S/C21H19Cl3N2O2/c1-27-20-9-15(12-26-11-14-4-3-7-25-10-14)8-19(24)21(20)28-13-16-17(22)5-2-6-18(16)23/h2-10,26H,11-13H2,1H3. The predicted molar refractivity (Wildman–Crippen MR) is 114 cm³/mol. The zero-order valence-corrected chi connectivity index (χ0v) is 17.5. The first-order valence-corrected chi connectivity index (χ1v) is 9.73.